The number of aryl methyl sites for hydroxylation is 1. The number of thioether (sulfide) groups is 1. The second-order valence-electron chi connectivity index (χ2n) is 4.20. The molecule has 0 bridgehead atoms. The minimum absolute atomic E-state index is 0.408. The largest absolute Gasteiger partial charge is 0.365 e. The molecule has 3 heteroatoms. The highest BCUT2D eigenvalue weighted by Gasteiger charge is 2.07. The van der Waals surface area contributed by atoms with E-state index in [0.717, 1.165) is 10.5 Å². The van der Waals surface area contributed by atoms with Crippen molar-refractivity contribution in [2.24, 2.45) is 5.73 Å². The molecule has 0 aliphatic rings. The maximum absolute atomic E-state index is 11.5. The fourth-order valence-corrected chi connectivity index (χ4v) is 2.41. The summed E-state index contributed by atoms with van der Waals surface area (Å²) in [6, 6.07) is 17.7. The summed E-state index contributed by atoms with van der Waals surface area (Å²) in [6.07, 6.45) is 1.81. The Kier molecular flexibility index (Phi) is 4.42. The molecule has 0 radical (unpaired) electrons. The topological polar surface area (TPSA) is 43.1 Å². The highest BCUT2D eigenvalue weighted by molar-refractivity contribution is 8.04. The van der Waals surface area contributed by atoms with Crippen molar-refractivity contribution in [2.45, 2.75) is 11.8 Å². The Balaban J connectivity index is 2.24. The van der Waals surface area contributed by atoms with E-state index in [1.807, 2.05) is 67.6 Å². The molecule has 2 nitrogen and oxygen atoms in total. The van der Waals surface area contributed by atoms with Crippen LogP contribution in [0.1, 0.15) is 11.1 Å². The summed E-state index contributed by atoms with van der Waals surface area (Å²) >= 11 is 1.39. The van der Waals surface area contributed by atoms with E-state index in [1.165, 1.54) is 17.3 Å². The van der Waals surface area contributed by atoms with Gasteiger partial charge in [-0.1, -0.05) is 59.8 Å². The Morgan fingerprint density at radius 1 is 1.05 bits per heavy atom. The third kappa shape index (κ3) is 4.00. The molecule has 2 aromatic rings. The highest BCUT2D eigenvalue weighted by Crippen LogP contribution is 2.28. The molecule has 1 amide bonds. The number of hydrogen-bond donors (Lipinski definition) is 1. The third-order valence-electron chi connectivity index (χ3n) is 2.59. The van der Waals surface area contributed by atoms with Crippen LogP contribution >= 0.6 is 11.8 Å². The fraction of sp³-hybridized carbons (Fsp3) is 0.0625. The first-order chi connectivity index (χ1) is 9.15. The molecule has 0 saturated carbocycles. The standard InChI is InChI=1S/C16H15NOS/c1-12-7-9-14(10-8-12)19-15(16(17)18)11-13-5-3-2-4-6-13/h2-11H,1H3,(H2,17,18). The Bertz CT molecular complexity index is 588. The van der Waals surface area contributed by atoms with Crippen LogP contribution in [-0.2, 0) is 4.79 Å². The molecule has 0 saturated heterocycles. The fourth-order valence-electron chi connectivity index (χ4n) is 1.58. The molecule has 0 unspecified atom stereocenters. The van der Waals surface area contributed by atoms with Crippen LogP contribution in [0, 0.1) is 6.92 Å². The summed E-state index contributed by atoms with van der Waals surface area (Å²) < 4.78 is 0. The monoisotopic (exact) mass is 269 g/mol. The second-order valence-corrected chi connectivity index (χ2v) is 5.31. The lowest BCUT2D eigenvalue weighted by atomic mass is 10.2. The van der Waals surface area contributed by atoms with Crippen molar-refractivity contribution in [3.63, 3.8) is 0 Å². The van der Waals surface area contributed by atoms with Crippen molar-refractivity contribution < 1.29 is 4.79 Å². The molecule has 0 heterocycles. The van der Waals surface area contributed by atoms with Gasteiger partial charge in [-0.05, 0) is 30.7 Å². The first kappa shape index (κ1) is 13.4. The van der Waals surface area contributed by atoms with Crippen molar-refractivity contribution in [3.8, 4) is 0 Å². The van der Waals surface area contributed by atoms with E-state index in [0.29, 0.717) is 4.91 Å². The average molecular weight is 269 g/mol. The van der Waals surface area contributed by atoms with Crippen LogP contribution in [0.5, 0.6) is 0 Å². The van der Waals surface area contributed by atoms with Crippen LogP contribution in [0.15, 0.2) is 64.4 Å². The van der Waals surface area contributed by atoms with Crippen LogP contribution in [0.25, 0.3) is 6.08 Å². The van der Waals surface area contributed by atoms with E-state index in [9.17, 15) is 4.79 Å². The van der Waals surface area contributed by atoms with Crippen LogP contribution < -0.4 is 5.73 Å². The van der Waals surface area contributed by atoms with Crippen LogP contribution in [-0.4, -0.2) is 5.91 Å². The van der Waals surface area contributed by atoms with Crippen molar-refractivity contribution in [2.75, 3.05) is 0 Å². The zero-order valence-corrected chi connectivity index (χ0v) is 11.5. The number of rotatable bonds is 4. The van der Waals surface area contributed by atoms with Gasteiger partial charge in [0.2, 0.25) is 0 Å². The van der Waals surface area contributed by atoms with E-state index in [-0.39, 0.29) is 0 Å². The Hall–Kier alpha value is -2.00. The first-order valence-corrected chi connectivity index (χ1v) is 6.78. The smallest absolute Gasteiger partial charge is 0.255 e. The molecule has 0 atom stereocenters. The second kappa shape index (κ2) is 6.25. The average Bonchev–Trinajstić information content (AvgIpc) is 2.41. The summed E-state index contributed by atoms with van der Waals surface area (Å²) in [4.78, 5) is 13.1. The van der Waals surface area contributed by atoms with E-state index < -0.39 is 5.91 Å². The Morgan fingerprint density at radius 2 is 1.68 bits per heavy atom. The molecule has 0 fully saturated rings. The van der Waals surface area contributed by atoms with E-state index in [4.69, 9.17) is 5.73 Å². The van der Waals surface area contributed by atoms with Gasteiger partial charge in [-0.25, -0.2) is 0 Å². The molecule has 0 aliphatic heterocycles. The Labute approximate surface area is 117 Å². The SMILES string of the molecule is Cc1ccc(SC(=Cc2ccccc2)C(N)=O)cc1. The van der Waals surface area contributed by atoms with Gasteiger partial charge in [-0.2, -0.15) is 0 Å². The molecule has 0 aromatic heterocycles. The molecule has 2 N–H and O–H groups in total. The maximum Gasteiger partial charge on any atom is 0.255 e. The molecule has 0 spiro atoms. The van der Waals surface area contributed by atoms with Gasteiger partial charge in [-0.15, -0.1) is 0 Å². The van der Waals surface area contributed by atoms with Gasteiger partial charge >= 0.3 is 0 Å². The number of primary amides is 1. The Morgan fingerprint density at radius 3 is 2.26 bits per heavy atom. The zero-order valence-electron chi connectivity index (χ0n) is 10.7. The molecule has 0 aliphatic carbocycles. The van der Waals surface area contributed by atoms with Gasteiger partial charge in [0.15, 0.2) is 0 Å². The van der Waals surface area contributed by atoms with Crippen LogP contribution in [0.2, 0.25) is 0 Å². The predicted molar refractivity (Wildman–Crippen MR) is 80.6 cm³/mol. The van der Waals surface area contributed by atoms with Gasteiger partial charge in [0.05, 0.1) is 4.91 Å². The third-order valence-corrected chi connectivity index (χ3v) is 3.64. The quantitative estimate of drug-likeness (QED) is 0.680. The van der Waals surface area contributed by atoms with Crippen molar-refractivity contribution in [1.82, 2.24) is 0 Å². The summed E-state index contributed by atoms with van der Waals surface area (Å²) in [5, 5.41) is 0. The molecule has 2 rings (SSSR count). The molecule has 2 aromatic carbocycles. The lowest BCUT2D eigenvalue weighted by Gasteiger charge is -2.04. The van der Waals surface area contributed by atoms with Crippen LogP contribution in [0.3, 0.4) is 0 Å². The summed E-state index contributed by atoms with van der Waals surface area (Å²) in [7, 11) is 0. The molecule has 96 valence electrons. The zero-order chi connectivity index (χ0) is 13.7. The van der Waals surface area contributed by atoms with Gasteiger partial charge in [0.1, 0.15) is 0 Å². The van der Waals surface area contributed by atoms with Crippen LogP contribution in [0.4, 0.5) is 0 Å². The lowest BCUT2D eigenvalue weighted by molar-refractivity contribution is -0.113. The highest BCUT2D eigenvalue weighted by atomic mass is 32.2. The van der Waals surface area contributed by atoms with E-state index >= 15 is 0 Å². The number of carbonyl (C=O) groups is 1. The summed E-state index contributed by atoms with van der Waals surface area (Å²) in [6.45, 7) is 2.03. The van der Waals surface area contributed by atoms with Crippen molar-refractivity contribution >= 4 is 23.7 Å². The predicted octanol–water partition coefficient (Wildman–Crippen LogP) is 3.61. The molecule has 19 heavy (non-hydrogen) atoms. The summed E-state index contributed by atoms with van der Waals surface area (Å²) in [5.41, 5.74) is 7.59. The van der Waals surface area contributed by atoms with Gasteiger partial charge in [0.25, 0.3) is 5.91 Å². The van der Waals surface area contributed by atoms with Gasteiger partial charge < -0.3 is 5.73 Å². The van der Waals surface area contributed by atoms with E-state index in [1.54, 1.807) is 0 Å². The van der Waals surface area contributed by atoms with Crippen molar-refractivity contribution in [3.05, 3.63) is 70.6 Å². The van der Waals surface area contributed by atoms with Gasteiger partial charge in [0, 0.05) is 4.90 Å². The summed E-state index contributed by atoms with van der Waals surface area (Å²) in [5.74, 6) is -0.408. The first-order valence-electron chi connectivity index (χ1n) is 5.96. The van der Waals surface area contributed by atoms with Gasteiger partial charge in [-0.3, -0.25) is 4.79 Å². The number of benzene rings is 2. The minimum atomic E-state index is -0.408. The molecular weight excluding hydrogens is 254 g/mol. The minimum Gasteiger partial charge on any atom is -0.365 e. The normalized spacial score (nSPS) is 11.3. The van der Waals surface area contributed by atoms with E-state index in [2.05, 4.69) is 0 Å². The maximum atomic E-state index is 11.5. The number of hydrogen-bond acceptors (Lipinski definition) is 2. The number of amides is 1. The number of carbonyl (C=O) groups excluding carboxylic acids is 1. The lowest BCUT2D eigenvalue weighted by Crippen LogP contribution is -2.11. The van der Waals surface area contributed by atoms with Crippen molar-refractivity contribution in [1.29, 1.82) is 0 Å². The molecular formula is C16H15NOS. The number of nitrogens with two attached hydrogens (primary N) is 1.